The number of rotatable bonds is 5. The van der Waals surface area contributed by atoms with Crippen LogP contribution in [0.4, 0.5) is 0 Å². The lowest BCUT2D eigenvalue weighted by molar-refractivity contribution is -0.558. The van der Waals surface area contributed by atoms with Crippen molar-refractivity contribution in [3.05, 3.63) is 40.2 Å². The number of pyridine rings is 1. The first-order chi connectivity index (χ1) is 7.02. The van der Waals surface area contributed by atoms with Crippen LogP contribution in [0.1, 0.15) is 19.4 Å². The van der Waals surface area contributed by atoms with Crippen LogP contribution in [-0.2, 0) is 6.54 Å². The zero-order chi connectivity index (χ0) is 11.3. The zero-order valence-corrected chi connectivity index (χ0v) is 8.93. The SMILES string of the molecule is CC(C)(CNCc1ccncc1)[N+](=O)[O-]. The van der Waals surface area contributed by atoms with Gasteiger partial charge >= 0.3 is 0 Å². The number of nitrogens with zero attached hydrogens (tertiary/aromatic N) is 2. The average molecular weight is 209 g/mol. The van der Waals surface area contributed by atoms with Crippen molar-refractivity contribution in [2.24, 2.45) is 0 Å². The molecule has 1 N–H and O–H groups in total. The van der Waals surface area contributed by atoms with Crippen LogP contribution in [-0.4, -0.2) is 22.0 Å². The summed E-state index contributed by atoms with van der Waals surface area (Å²) in [6.45, 7) is 4.18. The zero-order valence-electron chi connectivity index (χ0n) is 8.93. The molecule has 82 valence electrons. The van der Waals surface area contributed by atoms with Crippen molar-refractivity contribution in [3.8, 4) is 0 Å². The third kappa shape index (κ3) is 3.63. The Kier molecular flexibility index (Phi) is 3.74. The van der Waals surface area contributed by atoms with Gasteiger partial charge in [-0.1, -0.05) is 0 Å². The Morgan fingerprint density at radius 2 is 2.07 bits per heavy atom. The number of hydrogen-bond donors (Lipinski definition) is 1. The van der Waals surface area contributed by atoms with Crippen LogP contribution in [0, 0.1) is 10.1 Å². The summed E-state index contributed by atoms with van der Waals surface area (Å²) in [5, 5.41) is 13.7. The third-order valence-corrected chi connectivity index (χ3v) is 2.13. The van der Waals surface area contributed by atoms with Crippen LogP contribution in [0.25, 0.3) is 0 Å². The lowest BCUT2D eigenvalue weighted by atomic mass is 10.1. The fourth-order valence-electron chi connectivity index (χ4n) is 1.08. The summed E-state index contributed by atoms with van der Waals surface area (Å²) < 4.78 is 0. The molecule has 0 aliphatic carbocycles. The summed E-state index contributed by atoms with van der Waals surface area (Å²) in [5.74, 6) is 0. The Balaban J connectivity index is 2.37. The van der Waals surface area contributed by atoms with Crippen LogP contribution < -0.4 is 5.32 Å². The van der Waals surface area contributed by atoms with Crippen LogP contribution >= 0.6 is 0 Å². The van der Waals surface area contributed by atoms with Crippen molar-refractivity contribution in [2.45, 2.75) is 25.9 Å². The van der Waals surface area contributed by atoms with Gasteiger partial charge < -0.3 is 5.32 Å². The maximum atomic E-state index is 10.6. The molecule has 1 aromatic rings. The minimum atomic E-state index is -0.924. The largest absolute Gasteiger partial charge is 0.306 e. The molecule has 0 bridgehead atoms. The molecule has 0 spiro atoms. The number of hydrogen-bond acceptors (Lipinski definition) is 4. The lowest BCUT2D eigenvalue weighted by Gasteiger charge is -2.15. The van der Waals surface area contributed by atoms with Crippen LogP contribution in [0.3, 0.4) is 0 Å². The molecule has 1 rings (SSSR count). The molecule has 5 nitrogen and oxygen atoms in total. The summed E-state index contributed by atoms with van der Waals surface area (Å²) in [5.41, 5.74) is 0.150. The molecule has 0 unspecified atom stereocenters. The van der Waals surface area contributed by atoms with Gasteiger partial charge in [0.15, 0.2) is 0 Å². The van der Waals surface area contributed by atoms with Gasteiger partial charge in [-0.2, -0.15) is 0 Å². The maximum Gasteiger partial charge on any atom is 0.229 e. The smallest absolute Gasteiger partial charge is 0.229 e. The first-order valence-electron chi connectivity index (χ1n) is 4.76. The van der Waals surface area contributed by atoms with Crippen LogP contribution in [0.2, 0.25) is 0 Å². The van der Waals surface area contributed by atoms with Gasteiger partial charge in [-0.05, 0) is 17.7 Å². The highest BCUT2D eigenvalue weighted by Gasteiger charge is 2.29. The average Bonchev–Trinajstić information content (AvgIpc) is 2.19. The van der Waals surface area contributed by atoms with E-state index in [9.17, 15) is 10.1 Å². The fraction of sp³-hybridized carbons (Fsp3) is 0.500. The second kappa shape index (κ2) is 4.84. The van der Waals surface area contributed by atoms with E-state index < -0.39 is 5.54 Å². The Hall–Kier alpha value is -1.49. The fourth-order valence-corrected chi connectivity index (χ4v) is 1.08. The van der Waals surface area contributed by atoms with Gasteiger partial charge in [0.25, 0.3) is 0 Å². The highest BCUT2D eigenvalue weighted by atomic mass is 16.6. The Bertz CT molecular complexity index is 325. The van der Waals surface area contributed by atoms with E-state index in [1.54, 1.807) is 26.2 Å². The Morgan fingerprint density at radius 1 is 1.47 bits per heavy atom. The van der Waals surface area contributed by atoms with Crippen molar-refractivity contribution >= 4 is 0 Å². The predicted molar refractivity (Wildman–Crippen MR) is 57.0 cm³/mol. The van der Waals surface area contributed by atoms with Crippen molar-refractivity contribution in [1.29, 1.82) is 0 Å². The van der Waals surface area contributed by atoms with E-state index in [-0.39, 0.29) is 4.92 Å². The van der Waals surface area contributed by atoms with Crippen molar-refractivity contribution < 1.29 is 4.92 Å². The van der Waals surface area contributed by atoms with E-state index in [4.69, 9.17) is 0 Å². The van der Waals surface area contributed by atoms with E-state index in [0.717, 1.165) is 5.56 Å². The molecule has 0 saturated heterocycles. The van der Waals surface area contributed by atoms with Crippen molar-refractivity contribution in [2.75, 3.05) is 6.54 Å². The topological polar surface area (TPSA) is 68.1 Å². The number of aromatic nitrogens is 1. The highest BCUT2D eigenvalue weighted by Crippen LogP contribution is 2.05. The van der Waals surface area contributed by atoms with E-state index >= 15 is 0 Å². The van der Waals surface area contributed by atoms with Gasteiger partial charge in [-0.15, -0.1) is 0 Å². The predicted octanol–water partition coefficient (Wildman–Crippen LogP) is 1.23. The summed E-state index contributed by atoms with van der Waals surface area (Å²) >= 11 is 0. The molecule has 1 heterocycles. The molecule has 0 atom stereocenters. The van der Waals surface area contributed by atoms with Crippen LogP contribution in [0.5, 0.6) is 0 Å². The molecule has 0 amide bonds. The first-order valence-corrected chi connectivity index (χ1v) is 4.76. The molecular formula is C10H15N3O2. The first kappa shape index (κ1) is 11.6. The second-order valence-electron chi connectivity index (χ2n) is 4.03. The standard InChI is InChI=1S/C10H15N3O2/c1-10(2,13(14)15)8-12-7-9-3-5-11-6-4-9/h3-6,12H,7-8H2,1-2H3. The number of nitrogens with one attached hydrogen (secondary N) is 1. The quantitative estimate of drug-likeness (QED) is 0.585. The Labute approximate surface area is 88.7 Å². The minimum absolute atomic E-state index is 0.271. The molecular weight excluding hydrogens is 194 g/mol. The molecule has 0 aliphatic heterocycles. The van der Waals surface area contributed by atoms with Gasteiger partial charge in [-0.3, -0.25) is 15.1 Å². The van der Waals surface area contributed by atoms with E-state index in [1.165, 1.54) is 0 Å². The summed E-state index contributed by atoms with van der Waals surface area (Å²) in [6.07, 6.45) is 3.41. The molecule has 0 aromatic carbocycles. The molecule has 5 heteroatoms. The summed E-state index contributed by atoms with van der Waals surface area (Å²) in [6, 6.07) is 3.76. The second-order valence-corrected chi connectivity index (χ2v) is 4.03. The van der Waals surface area contributed by atoms with Crippen LogP contribution in [0.15, 0.2) is 24.5 Å². The molecule has 0 aliphatic rings. The summed E-state index contributed by atoms with van der Waals surface area (Å²) in [4.78, 5) is 14.2. The summed E-state index contributed by atoms with van der Waals surface area (Å²) in [7, 11) is 0. The van der Waals surface area contributed by atoms with Gasteiger partial charge in [-0.25, -0.2) is 0 Å². The molecule has 15 heavy (non-hydrogen) atoms. The minimum Gasteiger partial charge on any atom is -0.306 e. The normalized spacial score (nSPS) is 11.3. The van der Waals surface area contributed by atoms with E-state index in [0.29, 0.717) is 13.1 Å². The monoisotopic (exact) mass is 209 g/mol. The molecule has 1 aromatic heterocycles. The van der Waals surface area contributed by atoms with E-state index in [2.05, 4.69) is 10.3 Å². The lowest BCUT2D eigenvalue weighted by Crippen LogP contribution is -2.41. The molecule has 0 saturated carbocycles. The van der Waals surface area contributed by atoms with Gasteiger partial charge in [0.1, 0.15) is 0 Å². The van der Waals surface area contributed by atoms with Gasteiger partial charge in [0, 0.05) is 37.7 Å². The Morgan fingerprint density at radius 3 is 2.60 bits per heavy atom. The van der Waals surface area contributed by atoms with Gasteiger partial charge in [0.2, 0.25) is 5.54 Å². The van der Waals surface area contributed by atoms with Gasteiger partial charge in [0.05, 0.1) is 6.54 Å². The van der Waals surface area contributed by atoms with E-state index in [1.807, 2.05) is 12.1 Å². The maximum absolute atomic E-state index is 10.6. The molecule has 0 radical (unpaired) electrons. The number of nitro groups is 1. The van der Waals surface area contributed by atoms with Crippen molar-refractivity contribution in [1.82, 2.24) is 10.3 Å². The third-order valence-electron chi connectivity index (χ3n) is 2.13. The highest BCUT2D eigenvalue weighted by molar-refractivity contribution is 5.09. The van der Waals surface area contributed by atoms with Crippen molar-refractivity contribution in [3.63, 3.8) is 0 Å². The molecule has 0 fully saturated rings.